The van der Waals surface area contributed by atoms with E-state index in [2.05, 4.69) is 15.5 Å². The number of fused-ring (bicyclic) bond motifs is 1. The molecule has 0 aliphatic heterocycles. The second kappa shape index (κ2) is 6.48. The van der Waals surface area contributed by atoms with Crippen molar-refractivity contribution in [3.05, 3.63) is 78.5 Å². The molecule has 0 radical (unpaired) electrons. The topological polar surface area (TPSA) is 37.3 Å². The molecule has 0 spiro atoms. The van der Waals surface area contributed by atoms with Crippen molar-refractivity contribution in [3.63, 3.8) is 0 Å². The van der Waals surface area contributed by atoms with Crippen LogP contribution in [-0.2, 0) is 0 Å². The van der Waals surface area contributed by atoms with Crippen LogP contribution in [0.1, 0.15) is 5.56 Å². The highest BCUT2D eigenvalue weighted by molar-refractivity contribution is 5.91. The van der Waals surface area contributed by atoms with Gasteiger partial charge in [-0.2, -0.15) is 5.10 Å². The lowest BCUT2D eigenvalue weighted by atomic mass is 10.2. The summed E-state index contributed by atoms with van der Waals surface area (Å²) in [4.78, 5) is 4.32. The Kier molecular flexibility index (Phi) is 4.03. The monoisotopic (exact) mass is 273 g/mol. The van der Waals surface area contributed by atoms with Gasteiger partial charge in [-0.25, -0.2) is 0 Å². The van der Waals surface area contributed by atoms with Gasteiger partial charge in [-0.15, -0.1) is 0 Å². The van der Waals surface area contributed by atoms with Gasteiger partial charge in [0.15, 0.2) is 0 Å². The lowest BCUT2D eigenvalue weighted by Gasteiger charge is -2.03. The van der Waals surface area contributed by atoms with Crippen molar-refractivity contribution in [1.29, 1.82) is 0 Å². The molecule has 0 amide bonds. The SMILES string of the molecule is C(=C\c1ccccc1)/C=N/Nc1ccnc2ccccc12. The van der Waals surface area contributed by atoms with E-state index in [0.717, 1.165) is 22.2 Å². The summed E-state index contributed by atoms with van der Waals surface area (Å²) in [6, 6.07) is 20.0. The van der Waals surface area contributed by atoms with Gasteiger partial charge >= 0.3 is 0 Å². The van der Waals surface area contributed by atoms with Crippen LogP contribution in [0.3, 0.4) is 0 Å². The normalized spacial score (nSPS) is 11.4. The predicted octanol–water partition coefficient (Wildman–Crippen LogP) is 4.35. The Bertz CT molecular complexity index is 771. The first kappa shape index (κ1) is 13.1. The minimum atomic E-state index is 0.949. The van der Waals surface area contributed by atoms with Gasteiger partial charge in [0.1, 0.15) is 0 Å². The first-order valence-corrected chi connectivity index (χ1v) is 6.78. The molecule has 1 aromatic heterocycles. The zero-order valence-electron chi connectivity index (χ0n) is 11.5. The van der Waals surface area contributed by atoms with Crippen LogP contribution in [0.2, 0.25) is 0 Å². The summed E-state index contributed by atoms with van der Waals surface area (Å²) >= 11 is 0. The fourth-order valence-electron chi connectivity index (χ4n) is 2.06. The van der Waals surface area contributed by atoms with Crippen molar-refractivity contribution in [2.45, 2.75) is 0 Å². The smallest absolute Gasteiger partial charge is 0.0723 e. The third kappa shape index (κ3) is 3.34. The number of pyridine rings is 1. The molecule has 1 N–H and O–H groups in total. The van der Waals surface area contributed by atoms with E-state index in [-0.39, 0.29) is 0 Å². The van der Waals surface area contributed by atoms with E-state index in [1.807, 2.05) is 72.8 Å². The van der Waals surface area contributed by atoms with E-state index in [1.54, 1.807) is 12.4 Å². The summed E-state index contributed by atoms with van der Waals surface area (Å²) in [5.41, 5.74) is 6.11. The number of rotatable bonds is 4. The van der Waals surface area contributed by atoms with Gasteiger partial charge < -0.3 is 0 Å². The molecule has 0 aliphatic carbocycles. The number of benzene rings is 2. The summed E-state index contributed by atoms with van der Waals surface area (Å²) in [6.45, 7) is 0. The lowest BCUT2D eigenvalue weighted by Crippen LogP contribution is -1.90. The Hall–Kier alpha value is -2.94. The molecule has 3 nitrogen and oxygen atoms in total. The zero-order chi connectivity index (χ0) is 14.3. The van der Waals surface area contributed by atoms with Gasteiger partial charge in [0, 0.05) is 17.8 Å². The Morgan fingerprint density at radius 3 is 2.62 bits per heavy atom. The average Bonchev–Trinajstić information content (AvgIpc) is 2.56. The van der Waals surface area contributed by atoms with Gasteiger partial charge in [0.2, 0.25) is 0 Å². The van der Waals surface area contributed by atoms with Crippen molar-refractivity contribution in [2.75, 3.05) is 5.43 Å². The second-order valence-corrected chi connectivity index (χ2v) is 4.54. The first-order chi connectivity index (χ1) is 10.4. The lowest BCUT2D eigenvalue weighted by molar-refractivity contribution is 1.34. The molecule has 0 bridgehead atoms. The standard InChI is InChI=1S/C18H15N3/c1-2-7-15(8-3-1)9-6-13-20-21-18-12-14-19-17-11-5-4-10-16(17)18/h1-14H,(H,19,21)/b9-6+,20-13+. The largest absolute Gasteiger partial charge is 0.278 e. The van der Waals surface area contributed by atoms with Crippen molar-refractivity contribution in [2.24, 2.45) is 5.10 Å². The maximum absolute atomic E-state index is 4.32. The predicted molar refractivity (Wildman–Crippen MR) is 89.3 cm³/mol. The summed E-state index contributed by atoms with van der Waals surface area (Å²) < 4.78 is 0. The minimum absolute atomic E-state index is 0.949. The fraction of sp³-hybridized carbons (Fsp3) is 0. The molecule has 0 saturated carbocycles. The molecule has 0 fully saturated rings. The van der Waals surface area contributed by atoms with Crippen molar-refractivity contribution in [1.82, 2.24) is 4.98 Å². The van der Waals surface area contributed by atoms with Gasteiger partial charge in [0.05, 0.1) is 11.2 Å². The highest BCUT2D eigenvalue weighted by atomic mass is 15.3. The van der Waals surface area contributed by atoms with Gasteiger partial charge in [-0.05, 0) is 23.8 Å². The number of para-hydroxylation sites is 1. The molecule has 3 rings (SSSR count). The van der Waals surface area contributed by atoms with E-state index < -0.39 is 0 Å². The summed E-state index contributed by atoms with van der Waals surface area (Å²) in [7, 11) is 0. The van der Waals surface area contributed by atoms with Crippen LogP contribution in [0.25, 0.3) is 17.0 Å². The highest BCUT2D eigenvalue weighted by Crippen LogP contribution is 2.20. The first-order valence-electron chi connectivity index (χ1n) is 6.78. The third-order valence-corrected chi connectivity index (χ3v) is 3.08. The summed E-state index contributed by atoms with van der Waals surface area (Å²) in [6.07, 6.45) is 7.43. The molecule has 102 valence electrons. The third-order valence-electron chi connectivity index (χ3n) is 3.08. The fourth-order valence-corrected chi connectivity index (χ4v) is 2.06. The highest BCUT2D eigenvalue weighted by Gasteiger charge is 1.98. The number of nitrogens with zero attached hydrogens (tertiary/aromatic N) is 2. The van der Waals surface area contributed by atoms with E-state index in [9.17, 15) is 0 Å². The van der Waals surface area contributed by atoms with Crippen molar-refractivity contribution in [3.8, 4) is 0 Å². The summed E-state index contributed by atoms with van der Waals surface area (Å²) in [5, 5.41) is 5.28. The summed E-state index contributed by atoms with van der Waals surface area (Å²) in [5.74, 6) is 0. The number of hydrazone groups is 1. The number of nitrogens with one attached hydrogen (secondary N) is 1. The van der Waals surface area contributed by atoms with Crippen LogP contribution in [0.15, 0.2) is 78.0 Å². The number of allylic oxidation sites excluding steroid dienone is 1. The number of hydrogen-bond donors (Lipinski definition) is 1. The Morgan fingerprint density at radius 1 is 0.905 bits per heavy atom. The maximum Gasteiger partial charge on any atom is 0.0723 e. The van der Waals surface area contributed by atoms with E-state index in [1.165, 1.54) is 0 Å². The van der Waals surface area contributed by atoms with Crippen LogP contribution >= 0.6 is 0 Å². The molecule has 3 heteroatoms. The molecule has 3 aromatic rings. The second-order valence-electron chi connectivity index (χ2n) is 4.54. The molecule has 1 heterocycles. The van der Waals surface area contributed by atoms with E-state index >= 15 is 0 Å². The number of aromatic nitrogens is 1. The van der Waals surface area contributed by atoms with Gasteiger partial charge in [-0.1, -0.05) is 54.6 Å². The van der Waals surface area contributed by atoms with Crippen LogP contribution in [0.4, 0.5) is 5.69 Å². The number of anilines is 1. The molecular weight excluding hydrogens is 258 g/mol. The van der Waals surface area contributed by atoms with Crippen LogP contribution in [0, 0.1) is 0 Å². The average molecular weight is 273 g/mol. The maximum atomic E-state index is 4.32. The molecule has 21 heavy (non-hydrogen) atoms. The molecule has 0 atom stereocenters. The van der Waals surface area contributed by atoms with Crippen molar-refractivity contribution >= 4 is 28.9 Å². The van der Waals surface area contributed by atoms with Crippen LogP contribution in [0.5, 0.6) is 0 Å². The van der Waals surface area contributed by atoms with Gasteiger partial charge in [0.25, 0.3) is 0 Å². The molecule has 0 saturated heterocycles. The van der Waals surface area contributed by atoms with Crippen LogP contribution in [-0.4, -0.2) is 11.2 Å². The van der Waals surface area contributed by atoms with Crippen molar-refractivity contribution < 1.29 is 0 Å². The molecule has 2 aromatic carbocycles. The quantitative estimate of drug-likeness (QED) is 0.567. The Balaban J connectivity index is 1.69. The van der Waals surface area contributed by atoms with E-state index in [0.29, 0.717) is 0 Å². The molecular formula is C18H15N3. The Labute approximate surface area is 123 Å². The molecule has 0 unspecified atom stereocenters. The minimum Gasteiger partial charge on any atom is -0.278 e. The van der Waals surface area contributed by atoms with E-state index in [4.69, 9.17) is 0 Å². The number of hydrogen-bond acceptors (Lipinski definition) is 3. The Morgan fingerprint density at radius 2 is 1.71 bits per heavy atom. The zero-order valence-corrected chi connectivity index (χ0v) is 11.5. The van der Waals surface area contributed by atoms with Gasteiger partial charge in [-0.3, -0.25) is 10.4 Å². The molecule has 0 aliphatic rings. The van der Waals surface area contributed by atoms with Crippen LogP contribution < -0.4 is 5.43 Å².